The zero-order chi connectivity index (χ0) is 64.6. The van der Waals surface area contributed by atoms with Crippen molar-refractivity contribution in [2.75, 3.05) is 13.2 Å². The van der Waals surface area contributed by atoms with E-state index in [0.717, 1.165) is 83.5 Å². The molecular formula is C78H141NO10. The van der Waals surface area contributed by atoms with Crippen LogP contribution in [0.1, 0.15) is 348 Å². The predicted octanol–water partition coefficient (Wildman–Crippen LogP) is 19.9. The van der Waals surface area contributed by atoms with Gasteiger partial charge in [0, 0.05) is 6.42 Å². The first-order valence-electron chi connectivity index (χ1n) is 37.7. The molecule has 0 aliphatic carbocycles. The highest BCUT2D eigenvalue weighted by Crippen LogP contribution is 2.26. The van der Waals surface area contributed by atoms with E-state index in [0.29, 0.717) is 12.8 Å². The smallest absolute Gasteiger partial charge is 0.306 e. The van der Waals surface area contributed by atoms with Crippen molar-refractivity contribution in [3.63, 3.8) is 0 Å². The summed E-state index contributed by atoms with van der Waals surface area (Å²) in [7, 11) is 0. The molecule has 0 aromatic heterocycles. The van der Waals surface area contributed by atoms with Crippen molar-refractivity contribution in [2.24, 2.45) is 0 Å². The molecule has 518 valence electrons. The minimum Gasteiger partial charge on any atom is -0.454 e. The van der Waals surface area contributed by atoms with Gasteiger partial charge in [-0.1, -0.05) is 318 Å². The van der Waals surface area contributed by atoms with Gasteiger partial charge in [0.1, 0.15) is 24.4 Å². The summed E-state index contributed by atoms with van der Waals surface area (Å²) < 4.78 is 17.7. The number of esters is 1. The summed E-state index contributed by atoms with van der Waals surface area (Å²) in [5.74, 6) is -1.19. The van der Waals surface area contributed by atoms with Crippen LogP contribution in [0.4, 0.5) is 0 Å². The van der Waals surface area contributed by atoms with Gasteiger partial charge in [0.15, 0.2) is 12.4 Å². The number of nitrogens with one attached hydrogen (secondary N) is 1. The second kappa shape index (κ2) is 65.2. The fourth-order valence-electron chi connectivity index (χ4n) is 11.6. The Morgan fingerprint density at radius 1 is 0.438 bits per heavy atom. The highest BCUT2D eigenvalue weighted by molar-refractivity contribution is 5.80. The van der Waals surface area contributed by atoms with Crippen molar-refractivity contribution in [1.29, 1.82) is 0 Å². The van der Waals surface area contributed by atoms with Crippen molar-refractivity contribution >= 4 is 11.9 Å². The van der Waals surface area contributed by atoms with Gasteiger partial charge in [-0.2, -0.15) is 0 Å². The molecule has 8 atom stereocenters. The lowest BCUT2D eigenvalue weighted by Gasteiger charge is -2.41. The molecule has 6 N–H and O–H groups in total. The van der Waals surface area contributed by atoms with E-state index in [1.165, 1.54) is 218 Å². The standard InChI is InChI=1S/C78H141NO10/c1-4-7-10-13-16-19-22-25-27-29-31-33-35-37-38-40-42-44-47-50-53-56-59-62-65-71(82)77(86)79-69(70(81)64-61-58-55-52-49-46-24-21-18-15-12-9-6-3)68-87-78-76(75(85)74(84)72(67-80)88-78)89-73(83)66-63-60-57-54-51-48-45-43-41-39-36-34-32-30-28-26-23-20-17-14-11-8-5-2/h16,19,25-28,31,33,37-38,61,64,69-72,74-76,78,80-82,84-85H,4-15,17-18,20-24,29-30,32,34-36,39-60,62-63,65-68H2,1-3H3,(H,79,86)/b19-16-,27-25-,28-26+,33-31-,38-37-,64-61+. The zero-order valence-corrected chi connectivity index (χ0v) is 57.8. The molecule has 0 aromatic rings. The number of ether oxygens (including phenoxy) is 3. The summed E-state index contributed by atoms with van der Waals surface area (Å²) in [6.07, 6.45) is 75.1. The topological polar surface area (TPSA) is 175 Å². The Morgan fingerprint density at radius 3 is 1.19 bits per heavy atom. The van der Waals surface area contributed by atoms with Crippen LogP contribution in [0.3, 0.4) is 0 Å². The first-order chi connectivity index (χ1) is 43.7. The monoisotopic (exact) mass is 1250 g/mol. The average molecular weight is 1250 g/mol. The zero-order valence-electron chi connectivity index (χ0n) is 57.8. The van der Waals surface area contributed by atoms with Crippen molar-refractivity contribution < 1.29 is 49.3 Å². The fraction of sp³-hybridized carbons (Fsp3) is 0.821. The molecule has 0 saturated carbocycles. The van der Waals surface area contributed by atoms with Crippen LogP contribution in [-0.4, -0.2) is 99.6 Å². The van der Waals surface area contributed by atoms with Gasteiger partial charge in [-0.15, -0.1) is 0 Å². The highest BCUT2D eigenvalue weighted by Gasteiger charge is 2.47. The number of aliphatic hydroxyl groups excluding tert-OH is 5. The number of rotatable bonds is 65. The number of allylic oxidation sites excluding steroid dienone is 11. The molecule has 0 spiro atoms. The molecule has 8 unspecified atom stereocenters. The Balaban J connectivity index is 2.57. The van der Waals surface area contributed by atoms with Gasteiger partial charge in [0.25, 0.3) is 0 Å². The van der Waals surface area contributed by atoms with Crippen LogP contribution in [0.25, 0.3) is 0 Å². The van der Waals surface area contributed by atoms with Crippen molar-refractivity contribution in [3.05, 3.63) is 72.9 Å². The summed E-state index contributed by atoms with van der Waals surface area (Å²) in [6.45, 7) is 5.80. The molecule has 0 radical (unpaired) electrons. The first kappa shape index (κ1) is 84.1. The molecule has 0 aromatic carbocycles. The molecule has 1 heterocycles. The molecule has 0 bridgehead atoms. The Bertz CT molecular complexity index is 1730. The van der Waals surface area contributed by atoms with Gasteiger partial charge in [-0.05, 0) is 96.3 Å². The third-order valence-electron chi connectivity index (χ3n) is 17.6. The summed E-state index contributed by atoms with van der Waals surface area (Å²) in [5.41, 5.74) is 0. The van der Waals surface area contributed by atoms with Crippen LogP contribution in [0.2, 0.25) is 0 Å². The lowest BCUT2D eigenvalue weighted by Crippen LogP contribution is -2.61. The maximum absolute atomic E-state index is 13.5. The Hall–Kier alpha value is -2.90. The van der Waals surface area contributed by atoms with E-state index in [9.17, 15) is 35.1 Å². The van der Waals surface area contributed by atoms with Crippen LogP contribution in [0.15, 0.2) is 72.9 Å². The molecule has 11 nitrogen and oxygen atoms in total. The Labute approximate surface area is 547 Å². The normalized spacial score (nSPS) is 18.5. The van der Waals surface area contributed by atoms with Crippen molar-refractivity contribution in [3.8, 4) is 0 Å². The molecule has 1 aliphatic heterocycles. The molecular weight excluding hydrogens is 1110 g/mol. The molecule has 11 heteroatoms. The number of hydrogen-bond acceptors (Lipinski definition) is 10. The molecule has 1 aliphatic rings. The van der Waals surface area contributed by atoms with Crippen LogP contribution in [-0.2, 0) is 23.8 Å². The van der Waals surface area contributed by atoms with Gasteiger partial charge in [-0.25, -0.2) is 0 Å². The number of hydrogen-bond donors (Lipinski definition) is 6. The molecule has 1 saturated heterocycles. The maximum Gasteiger partial charge on any atom is 0.306 e. The SMILES string of the molecule is CCCCC/C=C\C/C=C\C/C=C\C/C=C\CCCCCCCCCCC(O)C(=O)NC(COC1OC(CO)C(O)C(O)C1OC(=O)CCCCCCCCCCCCCCC/C=C/CCCCCCCC)C(O)/C=C/CCCCCCCCCCCCC. The van der Waals surface area contributed by atoms with Crippen molar-refractivity contribution in [2.45, 2.75) is 397 Å². The lowest BCUT2D eigenvalue weighted by atomic mass is 9.99. The summed E-state index contributed by atoms with van der Waals surface area (Å²) >= 11 is 0. The average Bonchev–Trinajstić information content (AvgIpc) is 3.11. The van der Waals surface area contributed by atoms with E-state index in [1.807, 2.05) is 6.08 Å². The van der Waals surface area contributed by atoms with E-state index in [-0.39, 0.29) is 19.4 Å². The molecule has 1 rings (SSSR count). The minimum atomic E-state index is -1.62. The van der Waals surface area contributed by atoms with Crippen LogP contribution >= 0.6 is 0 Å². The van der Waals surface area contributed by atoms with E-state index in [4.69, 9.17) is 14.2 Å². The van der Waals surface area contributed by atoms with E-state index in [1.54, 1.807) is 6.08 Å². The summed E-state index contributed by atoms with van der Waals surface area (Å²) in [6, 6.07) is -1.03. The number of carbonyl (C=O) groups excluding carboxylic acids is 2. The largest absolute Gasteiger partial charge is 0.454 e. The van der Waals surface area contributed by atoms with Crippen LogP contribution < -0.4 is 5.32 Å². The third-order valence-corrected chi connectivity index (χ3v) is 17.6. The maximum atomic E-state index is 13.5. The van der Waals surface area contributed by atoms with E-state index >= 15 is 0 Å². The number of amides is 1. The van der Waals surface area contributed by atoms with Crippen molar-refractivity contribution in [1.82, 2.24) is 5.32 Å². The number of unbranched alkanes of at least 4 members (excludes halogenated alkanes) is 41. The van der Waals surface area contributed by atoms with Gasteiger partial charge < -0.3 is 45.1 Å². The molecule has 1 fully saturated rings. The van der Waals surface area contributed by atoms with Gasteiger partial charge in [0.05, 0.1) is 25.4 Å². The van der Waals surface area contributed by atoms with Gasteiger partial charge in [-0.3, -0.25) is 9.59 Å². The summed E-state index contributed by atoms with van der Waals surface area (Å²) in [4.78, 5) is 26.7. The quantitative estimate of drug-likeness (QED) is 0.0195. The van der Waals surface area contributed by atoms with Crippen LogP contribution in [0, 0.1) is 0 Å². The molecule has 89 heavy (non-hydrogen) atoms. The van der Waals surface area contributed by atoms with E-state index < -0.39 is 67.4 Å². The summed E-state index contributed by atoms with van der Waals surface area (Å²) in [5, 5.41) is 57.4. The van der Waals surface area contributed by atoms with Gasteiger partial charge >= 0.3 is 5.97 Å². The minimum absolute atomic E-state index is 0.123. The predicted molar refractivity (Wildman–Crippen MR) is 375 cm³/mol. The number of aliphatic hydroxyl groups is 5. The molecule has 1 amide bonds. The number of carbonyl (C=O) groups is 2. The second-order valence-electron chi connectivity index (χ2n) is 26.0. The highest BCUT2D eigenvalue weighted by atomic mass is 16.7. The van der Waals surface area contributed by atoms with E-state index in [2.05, 4.69) is 86.8 Å². The lowest BCUT2D eigenvalue weighted by molar-refractivity contribution is -0.305. The fourth-order valence-corrected chi connectivity index (χ4v) is 11.6. The Morgan fingerprint density at radius 2 is 0.775 bits per heavy atom. The Kier molecular flexibility index (Phi) is 61.6. The van der Waals surface area contributed by atoms with Gasteiger partial charge in [0.2, 0.25) is 5.91 Å². The first-order valence-corrected chi connectivity index (χ1v) is 37.7. The van der Waals surface area contributed by atoms with Crippen LogP contribution in [0.5, 0.6) is 0 Å². The second-order valence-corrected chi connectivity index (χ2v) is 26.0. The third kappa shape index (κ3) is 52.2.